The fraction of sp³-hybridized carbons (Fsp3) is 0.364. The maximum Gasteiger partial charge on any atom is 0.314 e. The van der Waals surface area contributed by atoms with Crippen LogP contribution >= 0.6 is 0 Å². The van der Waals surface area contributed by atoms with Gasteiger partial charge in [-0.15, -0.1) is 0 Å². The minimum Gasteiger partial charge on any atom is -0.481 e. The van der Waals surface area contributed by atoms with Crippen molar-refractivity contribution in [1.29, 1.82) is 0 Å². The summed E-state index contributed by atoms with van der Waals surface area (Å²) in [7, 11) is 0. The van der Waals surface area contributed by atoms with E-state index in [-0.39, 0.29) is 5.56 Å². The molecule has 0 aliphatic rings. The molecular weight excluding hydrogens is 202 g/mol. The Morgan fingerprint density at radius 1 is 1.47 bits per heavy atom. The van der Waals surface area contributed by atoms with Gasteiger partial charge in [-0.2, -0.15) is 0 Å². The van der Waals surface area contributed by atoms with Gasteiger partial charge in [0.2, 0.25) is 0 Å². The molecule has 1 N–H and O–H groups in total. The molecule has 2 nitrogen and oxygen atoms in total. The summed E-state index contributed by atoms with van der Waals surface area (Å²) in [6, 6.07) is 5.00. The number of aliphatic carboxylic acids is 1. The fourth-order valence-corrected chi connectivity index (χ4v) is 1.52. The zero-order valence-electron chi connectivity index (χ0n) is 8.50. The van der Waals surface area contributed by atoms with Gasteiger partial charge in [-0.3, -0.25) is 4.79 Å². The van der Waals surface area contributed by atoms with E-state index >= 15 is 0 Å². The fourth-order valence-electron chi connectivity index (χ4n) is 1.52. The summed E-state index contributed by atoms with van der Waals surface area (Å²) in [4.78, 5) is 10.9. The standard InChI is InChI=1S/C11H12F2O2/c1-11(2,13)9(10(14)15)7-4-3-5-8(12)6-7/h3-6,9H,1-2H3,(H,14,15). The molecule has 4 heteroatoms. The molecule has 0 fully saturated rings. The number of carboxylic acid groups (broad SMARTS) is 1. The van der Waals surface area contributed by atoms with Crippen molar-refractivity contribution < 1.29 is 18.7 Å². The molecule has 1 atom stereocenters. The summed E-state index contributed by atoms with van der Waals surface area (Å²) in [6.07, 6.45) is 0. The lowest BCUT2D eigenvalue weighted by Gasteiger charge is -2.23. The maximum atomic E-state index is 13.6. The number of carboxylic acids is 1. The molecule has 0 saturated carbocycles. The molecule has 0 heterocycles. The largest absolute Gasteiger partial charge is 0.481 e. The Morgan fingerprint density at radius 2 is 2.07 bits per heavy atom. The minimum absolute atomic E-state index is 0.134. The molecule has 0 aliphatic carbocycles. The van der Waals surface area contributed by atoms with Crippen LogP contribution in [0.25, 0.3) is 0 Å². The Balaban J connectivity index is 3.16. The zero-order chi connectivity index (χ0) is 11.6. The molecule has 1 unspecified atom stereocenters. The van der Waals surface area contributed by atoms with Gasteiger partial charge < -0.3 is 5.11 Å². The third-order valence-corrected chi connectivity index (χ3v) is 2.12. The normalized spacial score (nSPS) is 13.6. The molecule has 0 saturated heterocycles. The molecule has 1 aromatic carbocycles. The highest BCUT2D eigenvalue weighted by Crippen LogP contribution is 2.31. The highest BCUT2D eigenvalue weighted by atomic mass is 19.1. The quantitative estimate of drug-likeness (QED) is 0.839. The molecule has 0 amide bonds. The predicted molar refractivity (Wildman–Crippen MR) is 52.0 cm³/mol. The second-order valence-corrected chi connectivity index (χ2v) is 3.89. The molecule has 0 aliphatic heterocycles. The van der Waals surface area contributed by atoms with Crippen molar-refractivity contribution >= 4 is 5.97 Å². The number of alkyl halides is 1. The molecule has 0 radical (unpaired) electrons. The van der Waals surface area contributed by atoms with Crippen molar-refractivity contribution in [2.75, 3.05) is 0 Å². The Bertz CT molecular complexity index is 369. The molecule has 1 aromatic rings. The first-order chi connectivity index (χ1) is 6.82. The van der Waals surface area contributed by atoms with Crippen LogP contribution in [-0.4, -0.2) is 16.7 Å². The van der Waals surface area contributed by atoms with Gasteiger partial charge in [0.15, 0.2) is 0 Å². The molecular formula is C11H12F2O2. The third-order valence-electron chi connectivity index (χ3n) is 2.12. The summed E-state index contributed by atoms with van der Waals surface area (Å²) in [5.74, 6) is -3.22. The van der Waals surface area contributed by atoms with E-state index in [9.17, 15) is 13.6 Å². The van der Waals surface area contributed by atoms with Crippen LogP contribution in [0.1, 0.15) is 25.3 Å². The van der Waals surface area contributed by atoms with Crippen molar-refractivity contribution in [3.05, 3.63) is 35.6 Å². The van der Waals surface area contributed by atoms with Crippen molar-refractivity contribution in [3.8, 4) is 0 Å². The van der Waals surface area contributed by atoms with E-state index in [2.05, 4.69) is 0 Å². The first kappa shape index (κ1) is 11.6. The van der Waals surface area contributed by atoms with E-state index in [4.69, 9.17) is 5.11 Å². The molecule has 0 spiro atoms. The Morgan fingerprint density at radius 3 is 2.47 bits per heavy atom. The lowest BCUT2D eigenvalue weighted by molar-refractivity contribution is -0.142. The monoisotopic (exact) mass is 214 g/mol. The van der Waals surface area contributed by atoms with E-state index in [1.54, 1.807) is 0 Å². The van der Waals surface area contributed by atoms with Gasteiger partial charge in [0.1, 0.15) is 17.4 Å². The third kappa shape index (κ3) is 2.75. The zero-order valence-corrected chi connectivity index (χ0v) is 8.50. The van der Waals surface area contributed by atoms with Crippen LogP contribution in [0, 0.1) is 5.82 Å². The molecule has 15 heavy (non-hydrogen) atoms. The molecule has 82 valence electrons. The van der Waals surface area contributed by atoms with Crippen LogP contribution in [-0.2, 0) is 4.79 Å². The molecule has 0 bridgehead atoms. The summed E-state index contributed by atoms with van der Waals surface area (Å²) < 4.78 is 26.5. The van der Waals surface area contributed by atoms with Gasteiger partial charge in [0.05, 0.1) is 0 Å². The number of hydrogen-bond donors (Lipinski definition) is 1. The van der Waals surface area contributed by atoms with Gasteiger partial charge in [0, 0.05) is 0 Å². The van der Waals surface area contributed by atoms with Crippen LogP contribution in [0.4, 0.5) is 8.78 Å². The van der Waals surface area contributed by atoms with Gasteiger partial charge in [-0.05, 0) is 31.5 Å². The van der Waals surface area contributed by atoms with E-state index in [0.717, 1.165) is 19.9 Å². The number of hydrogen-bond acceptors (Lipinski definition) is 1. The second kappa shape index (κ2) is 3.96. The SMILES string of the molecule is CC(C)(F)C(C(=O)O)c1cccc(F)c1. The second-order valence-electron chi connectivity index (χ2n) is 3.89. The van der Waals surface area contributed by atoms with E-state index in [1.165, 1.54) is 18.2 Å². The Hall–Kier alpha value is -1.45. The smallest absolute Gasteiger partial charge is 0.314 e. The summed E-state index contributed by atoms with van der Waals surface area (Å²) in [6.45, 7) is 2.33. The van der Waals surface area contributed by atoms with E-state index in [0.29, 0.717) is 0 Å². The first-order valence-electron chi connectivity index (χ1n) is 4.49. The lowest BCUT2D eigenvalue weighted by Crippen LogP contribution is -2.30. The molecule has 0 aromatic heterocycles. The molecule has 1 rings (SSSR count). The lowest BCUT2D eigenvalue weighted by atomic mass is 9.86. The Kier molecular flexibility index (Phi) is 3.07. The van der Waals surface area contributed by atoms with Gasteiger partial charge in [0.25, 0.3) is 0 Å². The van der Waals surface area contributed by atoms with Crippen molar-refractivity contribution in [2.24, 2.45) is 0 Å². The number of rotatable bonds is 3. The van der Waals surface area contributed by atoms with Crippen LogP contribution in [0.5, 0.6) is 0 Å². The minimum atomic E-state index is -1.93. The highest BCUT2D eigenvalue weighted by Gasteiger charge is 2.36. The van der Waals surface area contributed by atoms with E-state index in [1.807, 2.05) is 0 Å². The number of carbonyl (C=O) groups is 1. The van der Waals surface area contributed by atoms with Crippen LogP contribution in [0.2, 0.25) is 0 Å². The van der Waals surface area contributed by atoms with Crippen LogP contribution in [0.3, 0.4) is 0 Å². The summed E-state index contributed by atoms with van der Waals surface area (Å²) in [5.41, 5.74) is -1.80. The Labute approximate surface area is 86.5 Å². The van der Waals surface area contributed by atoms with Gasteiger partial charge in [-0.25, -0.2) is 8.78 Å². The van der Waals surface area contributed by atoms with E-state index < -0.39 is 23.4 Å². The van der Waals surface area contributed by atoms with Crippen LogP contribution < -0.4 is 0 Å². The average molecular weight is 214 g/mol. The van der Waals surface area contributed by atoms with Crippen molar-refractivity contribution in [1.82, 2.24) is 0 Å². The predicted octanol–water partition coefficient (Wildman–Crippen LogP) is 2.74. The van der Waals surface area contributed by atoms with Gasteiger partial charge in [-0.1, -0.05) is 12.1 Å². The van der Waals surface area contributed by atoms with Crippen molar-refractivity contribution in [2.45, 2.75) is 25.4 Å². The maximum absolute atomic E-state index is 13.6. The number of benzene rings is 1. The number of halogens is 2. The average Bonchev–Trinajstić information content (AvgIpc) is 1.99. The first-order valence-corrected chi connectivity index (χ1v) is 4.49. The van der Waals surface area contributed by atoms with Crippen LogP contribution in [0.15, 0.2) is 24.3 Å². The van der Waals surface area contributed by atoms with Gasteiger partial charge >= 0.3 is 5.97 Å². The topological polar surface area (TPSA) is 37.3 Å². The summed E-state index contributed by atoms with van der Waals surface area (Å²) >= 11 is 0. The van der Waals surface area contributed by atoms with Crippen molar-refractivity contribution in [3.63, 3.8) is 0 Å². The summed E-state index contributed by atoms with van der Waals surface area (Å²) in [5, 5.41) is 8.89. The highest BCUT2D eigenvalue weighted by molar-refractivity contribution is 5.77.